The van der Waals surface area contributed by atoms with Crippen LogP contribution in [-0.4, -0.2) is 26.0 Å². The molecule has 0 aromatic carbocycles. The summed E-state index contributed by atoms with van der Waals surface area (Å²) in [6.45, 7) is 0. The third-order valence-corrected chi connectivity index (χ3v) is 5.52. The van der Waals surface area contributed by atoms with Gasteiger partial charge < -0.3 is 0 Å². The van der Waals surface area contributed by atoms with E-state index in [1.165, 1.54) is 5.75 Å². The molecule has 0 radical (unpaired) electrons. The highest BCUT2D eigenvalue weighted by atomic mass is 32.2. The van der Waals surface area contributed by atoms with Crippen LogP contribution >= 0.6 is 47.5 Å². The van der Waals surface area contributed by atoms with Gasteiger partial charge in [-0.05, 0) is 0 Å². The van der Waals surface area contributed by atoms with E-state index in [2.05, 4.69) is 5.92 Å². The fourth-order valence-electron chi connectivity index (χ4n) is 0.697. The molecular formula is C7H8S4. The Morgan fingerprint density at radius 2 is 2.64 bits per heavy atom. The minimum Gasteiger partial charge on any atom is -0.148 e. The average molecular weight is 220 g/mol. The third kappa shape index (κ3) is 3.75. The fourth-order valence-corrected chi connectivity index (χ4v) is 4.71. The van der Waals surface area contributed by atoms with Crippen LogP contribution in [0.2, 0.25) is 0 Å². The summed E-state index contributed by atoms with van der Waals surface area (Å²) in [5.74, 6) is 5.75. The summed E-state index contributed by atoms with van der Waals surface area (Å²) >= 11 is 10.5. The van der Waals surface area contributed by atoms with Gasteiger partial charge in [0.05, 0.1) is 5.75 Å². The van der Waals surface area contributed by atoms with Crippen molar-refractivity contribution in [3.8, 4) is 12.3 Å². The van der Waals surface area contributed by atoms with Gasteiger partial charge in [0, 0.05) is 16.8 Å². The van der Waals surface area contributed by atoms with Gasteiger partial charge in [0.1, 0.15) is 3.53 Å². The Balaban J connectivity index is 2.09. The third-order valence-electron chi connectivity index (χ3n) is 1.14. The summed E-state index contributed by atoms with van der Waals surface area (Å²) in [6.07, 6.45) is 5.13. The van der Waals surface area contributed by atoms with Crippen LogP contribution in [0.3, 0.4) is 0 Å². The highest BCUT2D eigenvalue weighted by molar-refractivity contribution is 8.49. The van der Waals surface area contributed by atoms with E-state index in [0.717, 1.165) is 15.0 Å². The molecule has 1 aliphatic rings. The lowest BCUT2D eigenvalue weighted by Gasteiger charge is -2.02. The topological polar surface area (TPSA) is 0 Å². The van der Waals surface area contributed by atoms with Gasteiger partial charge in [-0.2, -0.15) is 0 Å². The molecule has 1 atom stereocenters. The molecule has 0 saturated carbocycles. The first-order valence-corrected chi connectivity index (χ1v) is 6.60. The molecule has 0 bridgehead atoms. The molecule has 1 saturated heterocycles. The number of hydrogen-bond acceptors (Lipinski definition) is 4. The highest BCUT2D eigenvalue weighted by Crippen LogP contribution is 2.34. The van der Waals surface area contributed by atoms with Crippen molar-refractivity contribution in [3.63, 3.8) is 0 Å². The highest BCUT2D eigenvalue weighted by Gasteiger charge is 2.20. The Morgan fingerprint density at radius 3 is 3.18 bits per heavy atom. The van der Waals surface area contributed by atoms with E-state index >= 15 is 0 Å². The van der Waals surface area contributed by atoms with Crippen molar-refractivity contribution in [3.05, 3.63) is 0 Å². The van der Waals surface area contributed by atoms with Crippen molar-refractivity contribution < 1.29 is 0 Å². The van der Waals surface area contributed by atoms with E-state index in [1.54, 1.807) is 11.8 Å². The van der Waals surface area contributed by atoms with Gasteiger partial charge in [-0.3, -0.25) is 0 Å². The van der Waals surface area contributed by atoms with Crippen LogP contribution in [-0.2, 0) is 0 Å². The zero-order valence-electron chi connectivity index (χ0n) is 5.91. The number of thioether (sulfide) groups is 3. The van der Waals surface area contributed by atoms with Gasteiger partial charge >= 0.3 is 0 Å². The predicted octanol–water partition coefficient (Wildman–Crippen LogP) is 2.49. The maximum Gasteiger partial charge on any atom is 0.104 e. The summed E-state index contributed by atoms with van der Waals surface area (Å²) < 4.78 is 1.09. The predicted molar refractivity (Wildman–Crippen MR) is 62.6 cm³/mol. The molecule has 0 aromatic heterocycles. The maximum atomic E-state index is 5.13. The van der Waals surface area contributed by atoms with Gasteiger partial charge in [0.25, 0.3) is 0 Å². The van der Waals surface area contributed by atoms with Crippen molar-refractivity contribution in [1.82, 2.24) is 0 Å². The first kappa shape index (κ1) is 9.79. The summed E-state index contributed by atoms with van der Waals surface area (Å²) in [5.41, 5.74) is 0. The summed E-state index contributed by atoms with van der Waals surface area (Å²) in [5, 5.41) is 0.700. The Bertz CT molecular complexity index is 181. The van der Waals surface area contributed by atoms with Gasteiger partial charge in [-0.25, -0.2) is 0 Å². The van der Waals surface area contributed by atoms with Gasteiger partial charge in [0.15, 0.2) is 0 Å². The van der Waals surface area contributed by atoms with Crippen molar-refractivity contribution in [1.29, 1.82) is 0 Å². The molecule has 60 valence electrons. The van der Waals surface area contributed by atoms with Gasteiger partial charge in [0.2, 0.25) is 0 Å². The summed E-state index contributed by atoms with van der Waals surface area (Å²) in [7, 11) is 0. The maximum absolute atomic E-state index is 5.13. The first-order valence-electron chi connectivity index (χ1n) is 3.17. The minimum atomic E-state index is 0.700. The van der Waals surface area contributed by atoms with E-state index in [4.69, 9.17) is 18.6 Å². The second kappa shape index (κ2) is 5.36. The first-order chi connectivity index (χ1) is 5.33. The Morgan fingerprint density at radius 1 is 1.82 bits per heavy atom. The largest absolute Gasteiger partial charge is 0.148 e. The molecule has 4 heteroatoms. The van der Waals surface area contributed by atoms with Crippen LogP contribution in [0.5, 0.6) is 0 Å². The van der Waals surface area contributed by atoms with Crippen LogP contribution < -0.4 is 0 Å². The second-order valence-electron chi connectivity index (χ2n) is 2.02. The van der Waals surface area contributed by atoms with Crippen LogP contribution in [0.4, 0.5) is 0 Å². The minimum absolute atomic E-state index is 0.700. The molecule has 0 amide bonds. The SMILES string of the molecule is C#CCSCC1CSC(=S)S1. The zero-order valence-corrected chi connectivity index (χ0v) is 9.18. The Labute approximate surface area is 85.7 Å². The quantitative estimate of drug-likeness (QED) is 0.407. The lowest BCUT2D eigenvalue weighted by atomic mass is 10.5. The second-order valence-corrected chi connectivity index (χ2v) is 6.57. The molecule has 0 aromatic rings. The monoisotopic (exact) mass is 220 g/mol. The smallest absolute Gasteiger partial charge is 0.104 e. The zero-order chi connectivity index (χ0) is 8.10. The molecule has 1 fully saturated rings. The van der Waals surface area contributed by atoms with Gasteiger partial charge in [-0.1, -0.05) is 18.1 Å². The standard InChI is InChI=1S/C7H8S4/c1-2-3-9-4-6-5-10-7(8)11-6/h1,6H,3-5H2. The average Bonchev–Trinajstić information content (AvgIpc) is 2.37. The van der Waals surface area contributed by atoms with Crippen molar-refractivity contribution in [2.45, 2.75) is 5.25 Å². The summed E-state index contributed by atoms with van der Waals surface area (Å²) in [4.78, 5) is 0. The Kier molecular flexibility index (Phi) is 4.77. The Hall–Kier alpha value is 0.700. The van der Waals surface area contributed by atoms with E-state index in [9.17, 15) is 0 Å². The molecule has 1 unspecified atom stereocenters. The van der Waals surface area contributed by atoms with E-state index in [0.29, 0.717) is 5.25 Å². The molecular weight excluding hydrogens is 212 g/mol. The normalized spacial score (nSPS) is 23.5. The lowest BCUT2D eigenvalue weighted by Crippen LogP contribution is -2.04. The van der Waals surface area contributed by atoms with E-state index in [1.807, 2.05) is 23.5 Å². The molecule has 0 aliphatic carbocycles. The van der Waals surface area contributed by atoms with Crippen LogP contribution in [0.15, 0.2) is 0 Å². The van der Waals surface area contributed by atoms with Crippen molar-refractivity contribution in [2.24, 2.45) is 0 Å². The summed E-state index contributed by atoms with van der Waals surface area (Å²) in [6, 6.07) is 0. The van der Waals surface area contributed by atoms with Crippen LogP contribution in [0, 0.1) is 12.3 Å². The fraction of sp³-hybridized carbons (Fsp3) is 0.571. The lowest BCUT2D eigenvalue weighted by molar-refractivity contribution is 1.17. The number of rotatable bonds is 3. The van der Waals surface area contributed by atoms with E-state index in [-0.39, 0.29) is 0 Å². The molecule has 11 heavy (non-hydrogen) atoms. The van der Waals surface area contributed by atoms with Crippen molar-refractivity contribution >= 4 is 51.0 Å². The molecule has 0 nitrogen and oxygen atoms in total. The molecule has 0 N–H and O–H groups in total. The number of hydrogen-bond donors (Lipinski definition) is 0. The van der Waals surface area contributed by atoms with Crippen LogP contribution in [0.1, 0.15) is 0 Å². The number of terminal acetylenes is 1. The van der Waals surface area contributed by atoms with Crippen LogP contribution in [0.25, 0.3) is 0 Å². The molecule has 1 rings (SSSR count). The molecule has 1 heterocycles. The number of thiocarbonyl (C=S) groups is 1. The van der Waals surface area contributed by atoms with Gasteiger partial charge in [-0.15, -0.1) is 41.7 Å². The van der Waals surface area contributed by atoms with E-state index < -0.39 is 0 Å². The van der Waals surface area contributed by atoms with Crippen molar-refractivity contribution in [2.75, 3.05) is 17.3 Å². The molecule has 1 aliphatic heterocycles. The molecule has 0 spiro atoms.